The third-order valence-corrected chi connectivity index (χ3v) is 17.3. The maximum atomic E-state index is 15.3. The fourth-order valence-corrected chi connectivity index (χ4v) is 13.0. The molecule has 0 bridgehead atoms. The summed E-state index contributed by atoms with van der Waals surface area (Å²) in [6.45, 7) is 5.02. The second kappa shape index (κ2) is 19.2. The Bertz CT molecular complexity index is 3320. The van der Waals surface area contributed by atoms with E-state index < -0.39 is 127 Å². The van der Waals surface area contributed by atoms with Gasteiger partial charge in [-0.25, -0.2) is 35.1 Å². The normalized spacial score (nSPS) is 17.7. The zero-order valence-corrected chi connectivity index (χ0v) is 42.7. The number of halogens is 20. The van der Waals surface area contributed by atoms with Gasteiger partial charge in [-0.3, -0.25) is 0 Å². The predicted octanol–water partition coefficient (Wildman–Crippen LogP) is 20.3. The molecule has 10 rings (SSSR count). The van der Waals surface area contributed by atoms with E-state index in [0.717, 1.165) is 142 Å². The van der Waals surface area contributed by atoms with Crippen LogP contribution in [-0.2, 0) is 0 Å². The molecule has 2 aliphatic carbocycles. The number of thiophene rings is 4. The lowest BCUT2D eigenvalue weighted by Crippen LogP contribution is -2.48. The summed E-state index contributed by atoms with van der Waals surface area (Å²) in [6.07, 6.45) is 0. The van der Waals surface area contributed by atoms with E-state index >= 15 is 35.1 Å². The van der Waals surface area contributed by atoms with E-state index in [0.29, 0.717) is 0 Å². The molecule has 0 unspecified atom stereocenters. The predicted molar refractivity (Wildman–Crippen MR) is 261 cm³/mol. The standard InChI is InChI=1S/2C27H14F10S2/c2*1-11-15(9-21(38-11)13-3-5-17(28)19(30)7-13)23-24(26(34,35)27(36,37)25(23,32)33)16-10-22(39-12(16)2)14-4-6-18(29)20(31)8-14/h2*3-10H,1-2H3. The van der Waals surface area contributed by atoms with E-state index in [2.05, 4.69) is 0 Å². The van der Waals surface area contributed by atoms with E-state index in [1.54, 1.807) is 0 Å². The minimum absolute atomic E-state index is 0.0302. The molecule has 0 fully saturated rings. The van der Waals surface area contributed by atoms with Gasteiger partial charge >= 0.3 is 35.5 Å². The number of hydrogen-bond donors (Lipinski definition) is 0. The van der Waals surface area contributed by atoms with Gasteiger partial charge in [-0.2, -0.15) is 52.7 Å². The molecule has 0 saturated heterocycles. The molecule has 4 heterocycles. The first-order valence-corrected chi connectivity index (χ1v) is 25.4. The van der Waals surface area contributed by atoms with Crippen LogP contribution in [0.5, 0.6) is 0 Å². The minimum Gasteiger partial charge on any atom is -0.204 e. The lowest BCUT2D eigenvalue weighted by Gasteiger charge is -2.25. The van der Waals surface area contributed by atoms with Crippen LogP contribution in [-0.4, -0.2) is 35.5 Å². The van der Waals surface area contributed by atoms with Crippen molar-refractivity contribution in [2.45, 2.75) is 63.2 Å². The molecule has 4 aromatic carbocycles. The second-order valence-electron chi connectivity index (χ2n) is 17.8. The summed E-state index contributed by atoms with van der Waals surface area (Å²) < 4.78 is 290. The van der Waals surface area contributed by atoms with Crippen molar-refractivity contribution in [3.63, 3.8) is 0 Å². The first-order chi connectivity index (χ1) is 36.1. The second-order valence-corrected chi connectivity index (χ2v) is 22.8. The number of aryl methyl sites for hydroxylation is 4. The summed E-state index contributed by atoms with van der Waals surface area (Å²) in [7, 11) is 0. The minimum atomic E-state index is -5.81. The molecule has 4 aromatic heterocycles. The summed E-state index contributed by atoms with van der Waals surface area (Å²) in [5.41, 5.74) is -8.68. The van der Waals surface area contributed by atoms with Gasteiger partial charge in [0.25, 0.3) is 0 Å². The van der Waals surface area contributed by atoms with Crippen LogP contribution in [0.25, 0.3) is 64.1 Å². The number of hydrogen-bond acceptors (Lipinski definition) is 4. The fraction of sp³-hybridized carbons (Fsp3) is 0.185. The molecule has 408 valence electrons. The number of benzene rings is 4. The zero-order chi connectivity index (χ0) is 57.3. The average molecular weight is 1190 g/mol. The van der Waals surface area contributed by atoms with Crippen LogP contribution in [0, 0.1) is 74.2 Å². The highest BCUT2D eigenvalue weighted by Crippen LogP contribution is 2.68. The van der Waals surface area contributed by atoms with E-state index in [9.17, 15) is 52.7 Å². The molecule has 0 atom stereocenters. The third-order valence-electron chi connectivity index (χ3n) is 12.9. The summed E-state index contributed by atoms with van der Waals surface area (Å²) in [4.78, 5) is 0.0971. The first kappa shape index (κ1) is 56.5. The highest BCUT2D eigenvalue weighted by atomic mass is 32.1. The van der Waals surface area contributed by atoms with Crippen molar-refractivity contribution in [1.82, 2.24) is 0 Å². The van der Waals surface area contributed by atoms with Crippen molar-refractivity contribution >= 4 is 67.6 Å². The van der Waals surface area contributed by atoms with Crippen LogP contribution in [0.15, 0.2) is 97.1 Å². The van der Waals surface area contributed by atoms with Crippen LogP contribution in [0.4, 0.5) is 87.8 Å². The van der Waals surface area contributed by atoms with Gasteiger partial charge in [0.2, 0.25) is 0 Å². The molecule has 0 amide bonds. The molecule has 2 aliphatic rings. The smallest absolute Gasteiger partial charge is 0.204 e. The Morgan fingerprint density at radius 1 is 0.256 bits per heavy atom. The van der Waals surface area contributed by atoms with Gasteiger partial charge in [0, 0.05) is 61.3 Å². The van der Waals surface area contributed by atoms with Crippen LogP contribution in [0.1, 0.15) is 41.8 Å². The van der Waals surface area contributed by atoms with Gasteiger partial charge in [0.15, 0.2) is 46.5 Å². The van der Waals surface area contributed by atoms with Gasteiger partial charge in [-0.1, -0.05) is 24.3 Å². The van der Waals surface area contributed by atoms with Crippen molar-refractivity contribution in [1.29, 1.82) is 0 Å². The van der Waals surface area contributed by atoms with Crippen molar-refractivity contribution in [3.8, 4) is 41.8 Å². The lowest BCUT2D eigenvalue weighted by atomic mass is 9.94. The van der Waals surface area contributed by atoms with Gasteiger partial charge in [-0.15, -0.1) is 45.3 Å². The Labute approximate surface area is 443 Å². The molecule has 0 spiro atoms. The highest BCUT2D eigenvalue weighted by molar-refractivity contribution is 7.16. The molecule has 0 N–H and O–H groups in total. The largest absolute Gasteiger partial charge is 0.380 e. The Hall–Kier alpha value is -6.24. The molecule has 78 heavy (non-hydrogen) atoms. The quantitative estimate of drug-likeness (QED) is 0.133. The summed E-state index contributed by atoms with van der Waals surface area (Å²) in [6, 6.07) is 14.6. The average Bonchev–Trinajstić information content (AvgIpc) is 4.24. The molecule has 0 aliphatic heterocycles. The number of allylic oxidation sites excluding steroid dienone is 4. The van der Waals surface area contributed by atoms with E-state index in [-0.39, 0.29) is 61.3 Å². The van der Waals surface area contributed by atoms with E-state index in [1.165, 1.54) is 27.7 Å². The topological polar surface area (TPSA) is 0 Å². The van der Waals surface area contributed by atoms with Gasteiger partial charge in [0.1, 0.15) is 0 Å². The fourth-order valence-electron chi connectivity index (χ4n) is 8.95. The van der Waals surface area contributed by atoms with Crippen LogP contribution < -0.4 is 0 Å². The molecular weight excluding hydrogens is 1160 g/mol. The maximum absolute atomic E-state index is 15.3. The molecule has 0 nitrogen and oxygen atoms in total. The molecule has 24 heteroatoms. The van der Waals surface area contributed by atoms with Crippen LogP contribution in [0.3, 0.4) is 0 Å². The summed E-state index contributed by atoms with van der Waals surface area (Å²) in [5.74, 6) is -42.6. The Morgan fingerprint density at radius 3 is 0.603 bits per heavy atom. The Kier molecular flexibility index (Phi) is 13.9. The molecule has 8 aromatic rings. The molecule has 0 radical (unpaired) electrons. The third kappa shape index (κ3) is 8.79. The van der Waals surface area contributed by atoms with Gasteiger partial charge in [-0.05, 0) is 145 Å². The Balaban J connectivity index is 0.000000190. The van der Waals surface area contributed by atoms with Gasteiger partial charge in [0.05, 0.1) is 0 Å². The van der Waals surface area contributed by atoms with Crippen molar-refractivity contribution in [2.24, 2.45) is 0 Å². The van der Waals surface area contributed by atoms with E-state index in [4.69, 9.17) is 0 Å². The lowest BCUT2D eigenvalue weighted by molar-refractivity contribution is -0.254. The monoisotopic (exact) mass is 1180 g/mol. The number of rotatable bonds is 8. The SMILES string of the molecule is Cc1sc(-c2ccc(F)c(F)c2)cc1C1=C(c2cc(-c3ccc(F)c(F)c3)sc2C)C(F)(F)C(F)(F)C1(F)F.Cc1sc(-c2ccc(F)c(F)c2)cc1C1=C(c2cc(-c3ccc(F)c(F)c3)sc2C)C(F)(F)C(F)(F)C1(F)F. The van der Waals surface area contributed by atoms with Crippen LogP contribution >= 0.6 is 45.3 Å². The van der Waals surface area contributed by atoms with Crippen molar-refractivity contribution < 1.29 is 87.8 Å². The van der Waals surface area contributed by atoms with Gasteiger partial charge < -0.3 is 0 Å². The maximum Gasteiger partial charge on any atom is 0.380 e. The van der Waals surface area contributed by atoms with Crippen molar-refractivity contribution in [3.05, 3.63) is 185 Å². The molecular formula is C54H28F20S4. The van der Waals surface area contributed by atoms with Crippen molar-refractivity contribution in [2.75, 3.05) is 0 Å². The molecule has 0 saturated carbocycles. The van der Waals surface area contributed by atoms with Crippen LogP contribution in [0.2, 0.25) is 0 Å². The van der Waals surface area contributed by atoms with E-state index in [1.807, 2.05) is 0 Å². The number of alkyl halides is 12. The summed E-state index contributed by atoms with van der Waals surface area (Å²) in [5, 5.41) is 0. The summed E-state index contributed by atoms with van der Waals surface area (Å²) >= 11 is 3.02. The Morgan fingerprint density at radius 2 is 0.436 bits per heavy atom. The zero-order valence-electron chi connectivity index (χ0n) is 39.4. The first-order valence-electron chi connectivity index (χ1n) is 22.2. The highest BCUT2D eigenvalue weighted by Gasteiger charge is 2.81.